The number of hydrogen-bond donors (Lipinski definition) is 2. The van der Waals surface area contributed by atoms with Gasteiger partial charge in [-0.25, -0.2) is 4.79 Å². The monoisotopic (exact) mass is 262 g/mol. The smallest absolute Gasteiger partial charge is 0.335 e. The molecule has 0 aliphatic carbocycles. The fraction of sp³-hybridized carbons (Fsp3) is 0.500. The van der Waals surface area contributed by atoms with E-state index < -0.39 is 5.97 Å². The fourth-order valence-corrected chi connectivity index (χ4v) is 2.75. The van der Waals surface area contributed by atoms with Crippen LogP contribution in [0, 0.1) is 0 Å². The van der Waals surface area contributed by atoms with E-state index in [-0.39, 0.29) is 6.10 Å². The summed E-state index contributed by atoms with van der Waals surface area (Å²) in [6.45, 7) is 3.46. The van der Waals surface area contributed by atoms with Crippen LogP contribution in [0.4, 0.5) is 11.4 Å². The molecule has 1 aromatic carbocycles. The van der Waals surface area contributed by atoms with Crippen molar-refractivity contribution in [1.82, 2.24) is 0 Å². The molecule has 0 saturated carbocycles. The average Bonchev–Trinajstić information content (AvgIpc) is 2.91. The zero-order valence-corrected chi connectivity index (χ0v) is 10.8. The van der Waals surface area contributed by atoms with Crippen LogP contribution in [-0.4, -0.2) is 43.4 Å². The third-order valence-corrected chi connectivity index (χ3v) is 3.73. The minimum Gasteiger partial charge on any atom is -0.478 e. The van der Waals surface area contributed by atoms with Crippen LogP contribution in [-0.2, 0) is 4.74 Å². The number of carboxylic acid groups (broad SMARTS) is 1. The number of rotatable bonds is 3. The van der Waals surface area contributed by atoms with Crippen LogP contribution in [0.2, 0.25) is 0 Å². The van der Waals surface area contributed by atoms with Crippen molar-refractivity contribution in [1.29, 1.82) is 0 Å². The molecule has 2 N–H and O–H groups in total. The van der Waals surface area contributed by atoms with Crippen molar-refractivity contribution in [2.45, 2.75) is 18.9 Å². The average molecular weight is 262 g/mol. The summed E-state index contributed by atoms with van der Waals surface area (Å²) < 4.78 is 5.67. The second-order valence-corrected chi connectivity index (χ2v) is 5.04. The van der Waals surface area contributed by atoms with Crippen molar-refractivity contribution in [2.24, 2.45) is 0 Å². The Hall–Kier alpha value is -1.75. The van der Waals surface area contributed by atoms with Gasteiger partial charge in [-0.15, -0.1) is 0 Å². The molecule has 1 unspecified atom stereocenters. The van der Waals surface area contributed by atoms with Crippen LogP contribution in [0.3, 0.4) is 0 Å². The van der Waals surface area contributed by atoms with Crippen LogP contribution in [0.25, 0.3) is 0 Å². The van der Waals surface area contributed by atoms with Crippen LogP contribution in [0.15, 0.2) is 18.2 Å². The Morgan fingerprint density at radius 1 is 1.53 bits per heavy atom. The second kappa shape index (κ2) is 5.09. The highest BCUT2D eigenvalue weighted by molar-refractivity contribution is 5.91. The maximum Gasteiger partial charge on any atom is 0.335 e. The second-order valence-electron chi connectivity index (χ2n) is 5.04. The number of ether oxygens (including phenoxy) is 1. The zero-order valence-electron chi connectivity index (χ0n) is 10.8. The maximum absolute atomic E-state index is 11.1. The predicted molar refractivity (Wildman–Crippen MR) is 73.1 cm³/mol. The number of nitrogens with one attached hydrogen (secondary N) is 1. The van der Waals surface area contributed by atoms with Crippen molar-refractivity contribution in [3.05, 3.63) is 23.8 Å². The van der Waals surface area contributed by atoms with E-state index in [1.807, 2.05) is 6.07 Å². The first-order valence-electron chi connectivity index (χ1n) is 6.72. The molecule has 2 aliphatic heterocycles. The Morgan fingerprint density at radius 2 is 2.42 bits per heavy atom. The van der Waals surface area contributed by atoms with E-state index >= 15 is 0 Å². The summed E-state index contributed by atoms with van der Waals surface area (Å²) in [7, 11) is 0. The summed E-state index contributed by atoms with van der Waals surface area (Å²) in [6, 6.07) is 5.24. The summed E-state index contributed by atoms with van der Waals surface area (Å²) >= 11 is 0. The predicted octanol–water partition coefficient (Wildman–Crippen LogP) is 1.80. The van der Waals surface area contributed by atoms with Gasteiger partial charge in [-0.3, -0.25) is 0 Å². The summed E-state index contributed by atoms with van der Waals surface area (Å²) in [4.78, 5) is 13.3. The third kappa shape index (κ3) is 2.51. The topological polar surface area (TPSA) is 61.8 Å². The van der Waals surface area contributed by atoms with E-state index in [1.54, 1.807) is 12.1 Å². The van der Waals surface area contributed by atoms with E-state index in [0.717, 1.165) is 50.5 Å². The molecule has 1 atom stereocenters. The SMILES string of the molecule is O=C(O)c1ccc2c(c1)N(CC1CCCO1)CCN2. The van der Waals surface area contributed by atoms with E-state index in [1.165, 1.54) is 0 Å². The molecule has 0 radical (unpaired) electrons. The maximum atomic E-state index is 11.1. The highest BCUT2D eigenvalue weighted by Gasteiger charge is 2.23. The Balaban J connectivity index is 1.84. The quantitative estimate of drug-likeness (QED) is 0.869. The van der Waals surface area contributed by atoms with Gasteiger partial charge >= 0.3 is 5.97 Å². The molecule has 1 aromatic rings. The summed E-state index contributed by atoms with van der Waals surface area (Å²) in [5.74, 6) is -0.884. The normalized spacial score (nSPS) is 21.9. The number of hydrogen-bond acceptors (Lipinski definition) is 4. The zero-order chi connectivity index (χ0) is 13.2. The lowest BCUT2D eigenvalue weighted by molar-refractivity contribution is 0.0697. The van der Waals surface area contributed by atoms with Gasteiger partial charge in [0.25, 0.3) is 0 Å². The minimum absolute atomic E-state index is 0.277. The Bertz CT molecular complexity index is 484. The van der Waals surface area contributed by atoms with Gasteiger partial charge < -0.3 is 20.1 Å². The molecule has 2 heterocycles. The summed E-state index contributed by atoms with van der Waals surface area (Å²) in [5, 5.41) is 12.4. The minimum atomic E-state index is -0.884. The fourth-order valence-electron chi connectivity index (χ4n) is 2.75. The molecular weight excluding hydrogens is 244 g/mol. The number of benzene rings is 1. The molecule has 19 heavy (non-hydrogen) atoms. The van der Waals surface area contributed by atoms with Crippen LogP contribution >= 0.6 is 0 Å². The number of anilines is 2. The first kappa shape index (κ1) is 12.3. The molecule has 0 spiro atoms. The van der Waals surface area contributed by atoms with Gasteiger partial charge in [0.1, 0.15) is 0 Å². The molecule has 5 nitrogen and oxygen atoms in total. The Morgan fingerprint density at radius 3 is 3.16 bits per heavy atom. The van der Waals surface area contributed by atoms with Crippen molar-refractivity contribution in [2.75, 3.05) is 36.5 Å². The largest absolute Gasteiger partial charge is 0.478 e. The molecule has 2 aliphatic rings. The highest BCUT2D eigenvalue weighted by atomic mass is 16.5. The van der Waals surface area contributed by atoms with E-state index in [0.29, 0.717) is 5.56 Å². The highest BCUT2D eigenvalue weighted by Crippen LogP contribution is 2.31. The molecule has 5 heteroatoms. The molecule has 1 saturated heterocycles. The van der Waals surface area contributed by atoms with Gasteiger partial charge in [0, 0.05) is 26.2 Å². The number of carboxylic acids is 1. The van der Waals surface area contributed by atoms with E-state index in [2.05, 4.69) is 10.2 Å². The van der Waals surface area contributed by atoms with Gasteiger partial charge in [0.15, 0.2) is 0 Å². The molecule has 0 aromatic heterocycles. The van der Waals surface area contributed by atoms with Crippen molar-refractivity contribution < 1.29 is 14.6 Å². The Labute approximate surface area is 112 Å². The number of fused-ring (bicyclic) bond motifs is 1. The van der Waals surface area contributed by atoms with Gasteiger partial charge in [-0.1, -0.05) is 0 Å². The molecular formula is C14H18N2O3. The van der Waals surface area contributed by atoms with Gasteiger partial charge in [-0.2, -0.15) is 0 Å². The first-order valence-corrected chi connectivity index (χ1v) is 6.72. The lowest BCUT2D eigenvalue weighted by atomic mass is 10.1. The third-order valence-electron chi connectivity index (χ3n) is 3.73. The van der Waals surface area contributed by atoms with E-state index in [9.17, 15) is 4.79 Å². The van der Waals surface area contributed by atoms with Crippen molar-refractivity contribution in [3.8, 4) is 0 Å². The molecule has 0 amide bonds. The lowest BCUT2D eigenvalue weighted by Crippen LogP contribution is -2.39. The number of carbonyl (C=O) groups is 1. The molecule has 0 bridgehead atoms. The summed E-state index contributed by atoms with van der Waals surface area (Å²) in [6.07, 6.45) is 2.50. The van der Waals surface area contributed by atoms with E-state index in [4.69, 9.17) is 9.84 Å². The molecule has 102 valence electrons. The number of nitrogens with zero attached hydrogens (tertiary/aromatic N) is 1. The van der Waals surface area contributed by atoms with Crippen molar-refractivity contribution >= 4 is 17.3 Å². The van der Waals surface area contributed by atoms with Crippen LogP contribution in [0.5, 0.6) is 0 Å². The van der Waals surface area contributed by atoms with Gasteiger partial charge in [-0.05, 0) is 31.0 Å². The first-order chi connectivity index (χ1) is 9.24. The van der Waals surface area contributed by atoms with Crippen molar-refractivity contribution in [3.63, 3.8) is 0 Å². The van der Waals surface area contributed by atoms with Crippen LogP contribution < -0.4 is 10.2 Å². The lowest BCUT2D eigenvalue weighted by Gasteiger charge is -2.33. The number of aromatic carboxylic acids is 1. The molecule has 3 rings (SSSR count). The molecule has 1 fully saturated rings. The van der Waals surface area contributed by atoms with Crippen LogP contribution in [0.1, 0.15) is 23.2 Å². The summed E-state index contributed by atoms with van der Waals surface area (Å²) in [5.41, 5.74) is 2.32. The standard InChI is InChI=1S/C14H18N2O3/c17-14(18)10-3-4-12-13(8-10)16(6-5-15-12)9-11-2-1-7-19-11/h3-4,8,11,15H,1-2,5-7,9H2,(H,17,18). The van der Waals surface area contributed by atoms with Gasteiger partial charge in [0.2, 0.25) is 0 Å². The Kier molecular flexibility index (Phi) is 3.29. The van der Waals surface area contributed by atoms with Gasteiger partial charge in [0.05, 0.1) is 23.0 Å².